The van der Waals surface area contributed by atoms with Crippen LogP contribution < -0.4 is 0 Å². The van der Waals surface area contributed by atoms with Crippen LogP contribution >= 0.6 is 15.9 Å². The van der Waals surface area contributed by atoms with Crippen molar-refractivity contribution < 1.29 is 4.79 Å². The van der Waals surface area contributed by atoms with Crippen LogP contribution in [0.5, 0.6) is 0 Å². The van der Waals surface area contributed by atoms with E-state index in [1.807, 2.05) is 11.0 Å². The maximum Gasteiger partial charge on any atom is 0.253 e. The second-order valence-corrected chi connectivity index (χ2v) is 8.30. The SMILES string of the molecule is N#Cc1cccc(C(=O)N2CCN(C(c3ccccc3)c3ccc(Br)cc3)CC2)c1. The van der Waals surface area contributed by atoms with Gasteiger partial charge in [-0.2, -0.15) is 5.26 Å². The predicted octanol–water partition coefficient (Wildman–Crippen LogP) is 4.87. The first-order chi connectivity index (χ1) is 14.7. The van der Waals surface area contributed by atoms with Crippen molar-refractivity contribution in [3.05, 3.63) is 106 Å². The number of rotatable bonds is 4. The molecule has 0 aliphatic carbocycles. The molecule has 3 aromatic carbocycles. The van der Waals surface area contributed by atoms with E-state index in [1.165, 1.54) is 11.1 Å². The van der Waals surface area contributed by atoms with Crippen molar-refractivity contribution in [2.75, 3.05) is 26.2 Å². The minimum absolute atomic E-state index is 0.00773. The van der Waals surface area contributed by atoms with Crippen LogP contribution in [0.25, 0.3) is 0 Å². The molecule has 0 aromatic heterocycles. The third-order valence-electron chi connectivity index (χ3n) is 5.51. The molecule has 150 valence electrons. The number of hydrogen-bond acceptors (Lipinski definition) is 3. The van der Waals surface area contributed by atoms with E-state index in [9.17, 15) is 4.79 Å². The van der Waals surface area contributed by atoms with Crippen LogP contribution in [0.4, 0.5) is 0 Å². The summed E-state index contributed by atoms with van der Waals surface area (Å²) in [6.45, 7) is 2.91. The molecular weight excluding hydrogens is 438 g/mol. The fourth-order valence-corrected chi connectivity index (χ4v) is 4.25. The van der Waals surface area contributed by atoms with Gasteiger partial charge in [-0.15, -0.1) is 0 Å². The average Bonchev–Trinajstić information content (AvgIpc) is 2.81. The Hall–Kier alpha value is -2.94. The lowest BCUT2D eigenvalue weighted by Gasteiger charge is -2.39. The monoisotopic (exact) mass is 459 g/mol. The van der Waals surface area contributed by atoms with Gasteiger partial charge in [-0.25, -0.2) is 0 Å². The Morgan fingerprint density at radius 3 is 2.20 bits per heavy atom. The molecular formula is C25H22BrN3O. The fourth-order valence-electron chi connectivity index (χ4n) is 3.98. The third-order valence-corrected chi connectivity index (χ3v) is 6.03. The topological polar surface area (TPSA) is 47.3 Å². The maximum absolute atomic E-state index is 12.9. The zero-order valence-electron chi connectivity index (χ0n) is 16.5. The second kappa shape index (κ2) is 9.25. The number of benzene rings is 3. The molecule has 1 saturated heterocycles. The molecule has 3 aromatic rings. The van der Waals surface area contributed by atoms with Gasteiger partial charge < -0.3 is 4.90 Å². The van der Waals surface area contributed by atoms with Crippen LogP contribution in [0.2, 0.25) is 0 Å². The number of halogens is 1. The smallest absolute Gasteiger partial charge is 0.253 e. The highest BCUT2D eigenvalue weighted by molar-refractivity contribution is 9.10. The molecule has 1 unspecified atom stereocenters. The van der Waals surface area contributed by atoms with Gasteiger partial charge in [0.2, 0.25) is 0 Å². The van der Waals surface area contributed by atoms with Crippen LogP contribution in [-0.2, 0) is 0 Å². The molecule has 1 heterocycles. The molecule has 0 bridgehead atoms. The Morgan fingerprint density at radius 1 is 0.867 bits per heavy atom. The Kier molecular flexibility index (Phi) is 6.27. The Bertz CT molecular complexity index is 1050. The van der Waals surface area contributed by atoms with Crippen molar-refractivity contribution in [1.29, 1.82) is 5.26 Å². The zero-order valence-corrected chi connectivity index (χ0v) is 18.1. The zero-order chi connectivity index (χ0) is 20.9. The third kappa shape index (κ3) is 4.46. The molecule has 1 fully saturated rings. The maximum atomic E-state index is 12.9. The number of nitrogens with zero attached hydrogens (tertiary/aromatic N) is 3. The summed E-state index contributed by atoms with van der Waals surface area (Å²) < 4.78 is 1.06. The van der Waals surface area contributed by atoms with Crippen LogP contribution in [0.3, 0.4) is 0 Å². The minimum atomic E-state index is -0.00773. The summed E-state index contributed by atoms with van der Waals surface area (Å²) >= 11 is 3.53. The lowest BCUT2D eigenvalue weighted by molar-refractivity contribution is 0.0597. The highest BCUT2D eigenvalue weighted by Gasteiger charge is 2.28. The summed E-state index contributed by atoms with van der Waals surface area (Å²) in [5.41, 5.74) is 3.58. The van der Waals surface area contributed by atoms with Crippen molar-refractivity contribution in [1.82, 2.24) is 9.80 Å². The highest BCUT2D eigenvalue weighted by atomic mass is 79.9. The van der Waals surface area contributed by atoms with E-state index in [0.717, 1.165) is 17.6 Å². The largest absolute Gasteiger partial charge is 0.336 e. The van der Waals surface area contributed by atoms with Crippen molar-refractivity contribution >= 4 is 21.8 Å². The van der Waals surface area contributed by atoms with Crippen LogP contribution in [0.15, 0.2) is 83.3 Å². The van der Waals surface area contributed by atoms with Gasteiger partial charge in [-0.05, 0) is 41.5 Å². The number of amides is 1. The van der Waals surface area contributed by atoms with Gasteiger partial charge in [0.15, 0.2) is 0 Å². The van der Waals surface area contributed by atoms with E-state index >= 15 is 0 Å². The summed E-state index contributed by atoms with van der Waals surface area (Å²) in [5, 5.41) is 9.10. The van der Waals surface area contributed by atoms with E-state index in [4.69, 9.17) is 5.26 Å². The van der Waals surface area contributed by atoms with Gasteiger partial charge in [-0.1, -0.05) is 64.5 Å². The number of carbonyl (C=O) groups excluding carboxylic acids is 1. The van der Waals surface area contributed by atoms with Crippen molar-refractivity contribution in [3.8, 4) is 6.07 Å². The minimum Gasteiger partial charge on any atom is -0.336 e. The Labute approximate surface area is 185 Å². The molecule has 1 amide bonds. The Balaban J connectivity index is 1.52. The van der Waals surface area contributed by atoms with Crippen LogP contribution in [-0.4, -0.2) is 41.9 Å². The van der Waals surface area contributed by atoms with Gasteiger partial charge >= 0.3 is 0 Å². The van der Waals surface area contributed by atoms with E-state index in [0.29, 0.717) is 24.2 Å². The molecule has 1 atom stereocenters. The molecule has 0 spiro atoms. The number of carbonyl (C=O) groups is 1. The van der Waals surface area contributed by atoms with E-state index in [-0.39, 0.29) is 11.9 Å². The fraction of sp³-hybridized carbons (Fsp3) is 0.200. The standard InChI is InChI=1S/C25H22BrN3O/c26-23-11-9-21(10-12-23)24(20-6-2-1-3-7-20)28-13-15-29(16-14-28)25(30)22-8-4-5-19(17-22)18-27/h1-12,17,24H,13-16H2. The van der Waals surface area contributed by atoms with Gasteiger partial charge in [-0.3, -0.25) is 9.69 Å². The molecule has 0 N–H and O–H groups in total. The molecule has 0 radical (unpaired) electrons. The van der Waals surface area contributed by atoms with Crippen LogP contribution in [0, 0.1) is 11.3 Å². The van der Waals surface area contributed by atoms with Crippen molar-refractivity contribution in [2.24, 2.45) is 0 Å². The van der Waals surface area contributed by atoms with E-state index in [2.05, 4.69) is 75.4 Å². The van der Waals surface area contributed by atoms with Crippen LogP contribution in [0.1, 0.15) is 33.1 Å². The quantitative estimate of drug-likeness (QED) is 0.558. The van der Waals surface area contributed by atoms with Gasteiger partial charge in [0, 0.05) is 36.2 Å². The molecule has 1 aliphatic heterocycles. The lowest BCUT2D eigenvalue weighted by atomic mass is 9.96. The van der Waals surface area contributed by atoms with Gasteiger partial charge in [0.05, 0.1) is 17.7 Å². The number of nitriles is 1. The van der Waals surface area contributed by atoms with Gasteiger partial charge in [0.25, 0.3) is 5.91 Å². The number of hydrogen-bond donors (Lipinski definition) is 0. The van der Waals surface area contributed by atoms with E-state index in [1.54, 1.807) is 24.3 Å². The molecule has 30 heavy (non-hydrogen) atoms. The normalized spacial score (nSPS) is 15.4. The summed E-state index contributed by atoms with van der Waals surface area (Å²) in [6, 6.07) is 28.2. The average molecular weight is 460 g/mol. The molecule has 5 heteroatoms. The highest BCUT2D eigenvalue weighted by Crippen LogP contribution is 2.30. The predicted molar refractivity (Wildman–Crippen MR) is 121 cm³/mol. The first-order valence-electron chi connectivity index (χ1n) is 9.99. The van der Waals surface area contributed by atoms with E-state index < -0.39 is 0 Å². The number of piperazine rings is 1. The lowest BCUT2D eigenvalue weighted by Crippen LogP contribution is -2.49. The molecule has 4 nitrogen and oxygen atoms in total. The second-order valence-electron chi connectivity index (χ2n) is 7.39. The molecule has 1 aliphatic rings. The van der Waals surface area contributed by atoms with Gasteiger partial charge in [0.1, 0.15) is 0 Å². The summed E-state index contributed by atoms with van der Waals surface area (Å²) in [4.78, 5) is 17.2. The summed E-state index contributed by atoms with van der Waals surface area (Å²) in [5.74, 6) is -0.00773. The first kappa shape index (κ1) is 20.3. The Morgan fingerprint density at radius 2 is 1.53 bits per heavy atom. The first-order valence-corrected chi connectivity index (χ1v) is 10.8. The van der Waals surface area contributed by atoms with Crippen molar-refractivity contribution in [2.45, 2.75) is 6.04 Å². The van der Waals surface area contributed by atoms with Crippen molar-refractivity contribution in [3.63, 3.8) is 0 Å². The molecule has 4 rings (SSSR count). The summed E-state index contributed by atoms with van der Waals surface area (Å²) in [7, 11) is 0. The molecule has 0 saturated carbocycles. The summed E-state index contributed by atoms with van der Waals surface area (Å²) in [6.07, 6.45) is 0.